The molecular formula is C14H21BrN4. The molecule has 0 bridgehead atoms. The third kappa shape index (κ3) is 3.45. The monoisotopic (exact) mass is 324 g/mol. The summed E-state index contributed by atoms with van der Waals surface area (Å²) in [5, 5.41) is 0. The van der Waals surface area contributed by atoms with Crippen LogP contribution in [0.4, 0.5) is 5.82 Å². The van der Waals surface area contributed by atoms with E-state index in [1.807, 2.05) is 6.07 Å². The molecular weight excluding hydrogens is 304 g/mol. The molecule has 4 nitrogen and oxygen atoms in total. The Hall–Kier alpha value is -0.680. The van der Waals surface area contributed by atoms with Crippen molar-refractivity contribution in [2.75, 3.05) is 37.6 Å². The highest BCUT2D eigenvalue weighted by molar-refractivity contribution is 9.10. The maximum absolute atomic E-state index is 4.37. The zero-order chi connectivity index (χ0) is 13.1. The van der Waals surface area contributed by atoms with Crippen molar-refractivity contribution < 1.29 is 0 Å². The molecule has 0 radical (unpaired) electrons. The molecule has 0 spiro atoms. The van der Waals surface area contributed by atoms with Gasteiger partial charge >= 0.3 is 0 Å². The highest BCUT2D eigenvalue weighted by Crippen LogP contribution is 2.24. The van der Waals surface area contributed by atoms with E-state index in [4.69, 9.17) is 0 Å². The molecule has 0 amide bonds. The number of aromatic nitrogens is 2. The Morgan fingerprint density at radius 1 is 1.11 bits per heavy atom. The fourth-order valence-electron chi connectivity index (χ4n) is 3.17. The summed E-state index contributed by atoms with van der Waals surface area (Å²) >= 11 is 3.41. The van der Waals surface area contributed by atoms with Crippen LogP contribution in [0.5, 0.6) is 0 Å². The van der Waals surface area contributed by atoms with Gasteiger partial charge in [-0.2, -0.15) is 0 Å². The number of rotatable bonds is 3. The molecule has 0 unspecified atom stereocenters. The van der Waals surface area contributed by atoms with Crippen molar-refractivity contribution in [1.29, 1.82) is 0 Å². The molecule has 5 heteroatoms. The first-order valence-corrected chi connectivity index (χ1v) is 8.05. The van der Waals surface area contributed by atoms with Gasteiger partial charge in [0.2, 0.25) is 0 Å². The molecule has 0 saturated carbocycles. The minimum atomic E-state index is 0.872. The van der Waals surface area contributed by atoms with Crippen LogP contribution < -0.4 is 4.90 Å². The molecule has 0 N–H and O–H groups in total. The third-order valence-corrected chi connectivity index (χ3v) is 4.71. The Kier molecular flexibility index (Phi) is 4.33. The summed E-state index contributed by atoms with van der Waals surface area (Å²) in [6.45, 7) is 6.20. The van der Waals surface area contributed by atoms with E-state index < -0.39 is 0 Å². The molecule has 0 aromatic carbocycles. The van der Waals surface area contributed by atoms with Crippen LogP contribution in [0, 0.1) is 5.92 Å². The summed E-state index contributed by atoms with van der Waals surface area (Å²) in [7, 11) is 0. The van der Waals surface area contributed by atoms with Crippen LogP contribution >= 0.6 is 15.9 Å². The van der Waals surface area contributed by atoms with Gasteiger partial charge in [-0.3, -0.25) is 0 Å². The summed E-state index contributed by atoms with van der Waals surface area (Å²) in [4.78, 5) is 13.5. The number of halogens is 1. The van der Waals surface area contributed by atoms with E-state index in [0.29, 0.717) is 0 Å². The van der Waals surface area contributed by atoms with E-state index in [2.05, 4.69) is 35.7 Å². The Morgan fingerprint density at radius 2 is 1.84 bits per heavy atom. The second kappa shape index (κ2) is 6.18. The van der Waals surface area contributed by atoms with E-state index in [1.165, 1.54) is 45.3 Å². The molecule has 104 valence electrons. The van der Waals surface area contributed by atoms with Crippen molar-refractivity contribution in [3.8, 4) is 0 Å². The van der Waals surface area contributed by atoms with Crippen LogP contribution in [0.1, 0.15) is 25.7 Å². The van der Waals surface area contributed by atoms with Gasteiger partial charge in [0.25, 0.3) is 0 Å². The van der Waals surface area contributed by atoms with Crippen molar-refractivity contribution in [2.45, 2.75) is 25.7 Å². The second-order valence-corrected chi connectivity index (χ2v) is 6.45. The maximum atomic E-state index is 4.37. The lowest BCUT2D eigenvalue weighted by Gasteiger charge is -2.34. The van der Waals surface area contributed by atoms with Crippen molar-refractivity contribution in [3.05, 3.63) is 17.0 Å². The number of nitrogens with zero attached hydrogens (tertiary/aromatic N) is 4. The van der Waals surface area contributed by atoms with Crippen LogP contribution in [0.25, 0.3) is 0 Å². The largest absolute Gasteiger partial charge is 0.356 e. The third-order valence-electron chi connectivity index (χ3n) is 4.27. The van der Waals surface area contributed by atoms with Gasteiger partial charge in [0.1, 0.15) is 16.7 Å². The van der Waals surface area contributed by atoms with E-state index in [1.54, 1.807) is 6.33 Å². The van der Waals surface area contributed by atoms with Crippen molar-refractivity contribution in [2.24, 2.45) is 5.92 Å². The van der Waals surface area contributed by atoms with E-state index in [0.717, 1.165) is 29.4 Å². The Morgan fingerprint density at radius 3 is 2.53 bits per heavy atom. The highest BCUT2D eigenvalue weighted by atomic mass is 79.9. The minimum absolute atomic E-state index is 0.872. The predicted molar refractivity (Wildman–Crippen MR) is 80.3 cm³/mol. The average Bonchev–Trinajstić information content (AvgIpc) is 2.92. The molecule has 2 aliphatic heterocycles. The Bertz CT molecular complexity index is 412. The van der Waals surface area contributed by atoms with Crippen LogP contribution in [0.15, 0.2) is 17.0 Å². The van der Waals surface area contributed by atoms with Gasteiger partial charge in [-0.1, -0.05) is 0 Å². The summed E-state index contributed by atoms with van der Waals surface area (Å²) < 4.78 is 0.872. The number of anilines is 1. The molecule has 2 aliphatic rings. The Balaban J connectivity index is 1.51. The van der Waals surface area contributed by atoms with Gasteiger partial charge in [0.15, 0.2) is 0 Å². The molecule has 2 saturated heterocycles. The zero-order valence-electron chi connectivity index (χ0n) is 11.3. The van der Waals surface area contributed by atoms with Gasteiger partial charge in [-0.25, -0.2) is 9.97 Å². The van der Waals surface area contributed by atoms with E-state index >= 15 is 0 Å². The summed E-state index contributed by atoms with van der Waals surface area (Å²) in [6, 6.07) is 2.01. The summed E-state index contributed by atoms with van der Waals surface area (Å²) in [5.74, 6) is 1.93. The van der Waals surface area contributed by atoms with Gasteiger partial charge in [-0.05, 0) is 60.6 Å². The normalized spacial score (nSPS) is 22.1. The standard InChI is InChI=1S/C14H21BrN4/c15-13-9-14(17-11-16-13)19-7-3-12(4-8-19)10-18-5-1-2-6-18/h9,11-12H,1-8,10H2. The molecule has 3 rings (SSSR count). The fourth-order valence-corrected chi connectivity index (χ4v) is 3.47. The van der Waals surface area contributed by atoms with Gasteiger partial charge in [0, 0.05) is 25.7 Å². The number of likely N-dealkylation sites (tertiary alicyclic amines) is 1. The predicted octanol–water partition coefficient (Wildman–Crippen LogP) is 2.55. The number of hydrogen-bond acceptors (Lipinski definition) is 4. The van der Waals surface area contributed by atoms with Crippen LogP contribution in [0.2, 0.25) is 0 Å². The van der Waals surface area contributed by atoms with Crippen LogP contribution in [0.3, 0.4) is 0 Å². The first-order chi connectivity index (χ1) is 9.31. The SMILES string of the molecule is Brc1cc(N2CCC(CN3CCCC3)CC2)ncn1. The first kappa shape index (κ1) is 13.3. The molecule has 3 heterocycles. The summed E-state index contributed by atoms with van der Waals surface area (Å²) in [6.07, 6.45) is 7.01. The van der Waals surface area contributed by atoms with Gasteiger partial charge in [0.05, 0.1) is 0 Å². The molecule has 2 fully saturated rings. The van der Waals surface area contributed by atoms with E-state index in [9.17, 15) is 0 Å². The van der Waals surface area contributed by atoms with Gasteiger partial charge in [-0.15, -0.1) is 0 Å². The molecule has 1 aromatic heterocycles. The maximum Gasteiger partial charge on any atom is 0.133 e. The van der Waals surface area contributed by atoms with E-state index in [-0.39, 0.29) is 0 Å². The number of piperidine rings is 1. The molecule has 0 atom stereocenters. The lowest BCUT2D eigenvalue weighted by Crippen LogP contribution is -2.38. The quantitative estimate of drug-likeness (QED) is 0.800. The topological polar surface area (TPSA) is 32.3 Å². The van der Waals surface area contributed by atoms with Crippen LogP contribution in [-0.4, -0.2) is 47.6 Å². The lowest BCUT2D eigenvalue weighted by atomic mass is 9.96. The highest BCUT2D eigenvalue weighted by Gasteiger charge is 2.23. The number of hydrogen-bond donors (Lipinski definition) is 0. The smallest absolute Gasteiger partial charge is 0.133 e. The fraction of sp³-hybridized carbons (Fsp3) is 0.714. The summed E-state index contributed by atoms with van der Waals surface area (Å²) in [5.41, 5.74) is 0. The van der Waals surface area contributed by atoms with Crippen molar-refractivity contribution in [3.63, 3.8) is 0 Å². The molecule has 0 aliphatic carbocycles. The Labute approximate surface area is 123 Å². The lowest BCUT2D eigenvalue weighted by molar-refractivity contribution is 0.249. The van der Waals surface area contributed by atoms with Crippen molar-refractivity contribution >= 4 is 21.7 Å². The minimum Gasteiger partial charge on any atom is -0.356 e. The first-order valence-electron chi connectivity index (χ1n) is 7.26. The zero-order valence-corrected chi connectivity index (χ0v) is 12.8. The van der Waals surface area contributed by atoms with Crippen molar-refractivity contribution in [1.82, 2.24) is 14.9 Å². The van der Waals surface area contributed by atoms with Gasteiger partial charge < -0.3 is 9.80 Å². The van der Waals surface area contributed by atoms with Crippen LogP contribution in [-0.2, 0) is 0 Å². The molecule has 19 heavy (non-hydrogen) atoms. The average molecular weight is 325 g/mol. The second-order valence-electron chi connectivity index (χ2n) is 5.64. The molecule has 1 aromatic rings.